The van der Waals surface area contributed by atoms with Crippen LogP contribution in [0.1, 0.15) is 39.3 Å². The first-order chi connectivity index (χ1) is 8.56. The second-order valence-corrected chi connectivity index (χ2v) is 4.25. The van der Waals surface area contributed by atoms with Gasteiger partial charge in [-0.2, -0.15) is 0 Å². The van der Waals surface area contributed by atoms with Crippen molar-refractivity contribution >= 4 is 5.97 Å². The fraction of sp³-hybridized carbons (Fsp3) is 0.400. The van der Waals surface area contributed by atoms with Crippen LogP contribution in [-0.2, 0) is 9.53 Å². The fourth-order valence-electron chi connectivity index (χ4n) is 1.65. The van der Waals surface area contributed by atoms with Crippen molar-refractivity contribution in [1.82, 2.24) is 5.32 Å². The van der Waals surface area contributed by atoms with E-state index < -0.39 is 0 Å². The van der Waals surface area contributed by atoms with Crippen molar-refractivity contribution in [1.29, 1.82) is 0 Å². The average Bonchev–Trinajstić information content (AvgIpc) is 2.39. The molecule has 18 heavy (non-hydrogen) atoms. The van der Waals surface area contributed by atoms with E-state index in [1.807, 2.05) is 25.1 Å². The van der Waals surface area contributed by atoms with Gasteiger partial charge in [-0.15, -0.1) is 0 Å². The third kappa shape index (κ3) is 3.91. The zero-order valence-corrected chi connectivity index (χ0v) is 11.5. The highest BCUT2D eigenvalue weighted by atomic mass is 16.5. The number of hydrogen-bond acceptors (Lipinski definition) is 3. The molecule has 3 heteroatoms. The van der Waals surface area contributed by atoms with Gasteiger partial charge < -0.3 is 10.1 Å². The average molecular weight is 247 g/mol. The maximum absolute atomic E-state index is 11.6. The molecule has 1 rings (SSSR count). The Morgan fingerprint density at radius 3 is 2.44 bits per heavy atom. The van der Waals surface area contributed by atoms with Gasteiger partial charge in [0.25, 0.3) is 0 Å². The van der Waals surface area contributed by atoms with Crippen LogP contribution in [0.25, 0.3) is 0 Å². The number of carbonyl (C=O) groups is 1. The number of nitrogens with one attached hydrogen (secondary N) is 1. The molecule has 0 fully saturated rings. The molecule has 0 aliphatic rings. The van der Waals surface area contributed by atoms with E-state index in [9.17, 15) is 4.79 Å². The molecule has 0 amide bonds. The monoisotopic (exact) mass is 247 g/mol. The Morgan fingerprint density at radius 2 is 1.89 bits per heavy atom. The molecule has 3 nitrogen and oxygen atoms in total. The zero-order chi connectivity index (χ0) is 13.5. The third-order valence-electron chi connectivity index (χ3n) is 2.88. The predicted molar refractivity (Wildman–Crippen MR) is 73.0 cm³/mol. The highest BCUT2D eigenvalue weighted by molar-refractivity contribution is 5.88. The normalized spacial score (nSPS) is 13.6. The number of ether oxygens (including phenoxy) is 1. The Kier molecular flexibility index (Phi) is 5.43. The molecule has 0 radical (unpaired) electrons. The van der Waals surface area contributed by atoms with E-state index >= 15 is 0 Å². The first kappa shape index (κ1) is 14.3. The molecule has 0 aliphatic heterocycles. The summed E-state index contributed by atoms with van der Waals surface area (Å²) in [7, 11) is 0. The second-order valence-electron chi connectivity index (χ2n) is 4.25. The molecule has 0 saturated carbocycles. The summed E-state index contributed by atoms with van der Waals surface area (Å²) in [6.45, 7) is 7.94. The molecule has 1 atom stereocenters. The predicted octanol–water partition coefficient (Wildman–Crippen LogP) is 3.19. The molecule has 0 saturated heterocycles. The lowest BCUT2D eigenvalue weighted by atomic mass is 10.1. The van der Waals surface area contributed by atoms with Crippen LogP contribution in [-0.4, -0.2) is 12.6 Å². The van der Waals surface area contributed by atoms with E-state index in [1.165, 1.54) is 5.56 Å². The summed E-state index contributed by atoms with van der Waals surface area (Å²) in [6.07, 6.45) is 0. The van der Waals surface area contributed by atoms with E-state index in [0.717, 1.165) is 5.70 Å². The van der Waals surface area contributed by atoms with Crippen LogP contribution in [0.4, 0.5) is 0 Å². The molecule has 1 aromatic rings. The molecule has 1 N–H and O–H groups in total. The van der Waals surface area contributed by atoms with Gasteiger partial charge in [0, 0.05) is 11.7 Å². The van der Waals surface area contributed by atoms with Crippen molar-refractivity contribution in [2.75, 3.05) is 6.61 Å². The number of esters is 1. The summed E-state index contributed by atoms with van der Waals surface area (Å²) in [6, 6.07) is 10.3. The van der Waals surface area contributed by atoms with Gasteiger partial charge in [0.15, 0.2) is 0 Å². The van der Waals surface area contributed by atoms with Crippen molar-refractivity contribution < 1.29 is 9.53 Å². The van der Waals surface area contributed by atoms with E-state index in [2.05, 4.69) is 24.4 Å². The van der Waals surface area contributed by atoms with Crippen molar-refractivity contribution in [3.63, 3.8) is 0 Å². The summed E-state index contributed by atoms with van der Waals surface area (Å²) >= 11 is 0. The smallest absolute Gasteiger partial charge is 0.335 e. The van der Waals surface area contributed by atoms with Crippen LogP contribution in [0, 0.1) is 0 Å². The quantitative estimate of drug-likeness (QED) is 0.641. The lowest BCUT2D eigenvalue weighted by Gasteiger charge is -2.17. The molecule has 0 unspecified atom stereocenters. The maximum atomic E-state index is 11.6. The van der Waals surface area contributed by atoms with Gasteiger partial charge in [0.1, 0.15) is 0 Å². The second kappa shape index (κ2) is 6.84. The van der Waals surface area contributed by atoms with Crippen molar-refractivity contribution in [3.8, 4) is 0 Å². The molecule has 1 aromatic carbocycles. The lowest BCUT2D eigenvalue weighted by Crippen LogP contribution is -2.20. The Labute approximate surface area is 109 Å². The van der Waals surface area contributed by atoms with E-state index in [4.69, 9.17) is 4.74 Å². The van der Waals surface area contributed by atoms with Crippen LogP contribution in [0.15, 0.2) is 41.6 Å². The zero-order valence-electron chi connectivity index (χ0n) is 11.5. The van der Waals surface area contributed by atoms with Gasteiger partial charge in [-0.05, 0) is 33.3 Å². The number of benzene rings is 1. The molecular weight excluding hydrogens is 226 g/mol. The Balaban J connectivity index is 2.72. The van der Waals surface area contributed by atoms with Crippen molar-refractivity contribution in [2.45, 2.75) is 33.7 Å². The summed E-state index contributed by atoms with van der Waals surface area (Å²) in [5.74, 6) is -0.261. The van der Waals surface area contributed by atoms with E-state index in [1.54, 1.807) is 13.8 Å². The fourth-order valence-corrected chi connectivity index (χ4v) is 1.65. The van der Waals surface area contributed by atoms with Crippen LogP contribution >= 0.6 is 0 Å². The van der Waals surface area contributed by atoms with Crippen molar-refractivity contribution in [3.05, 3.63) is 47.2 Å². The first-order valence-corrected chi connectivity index (χ1v) is 6.22. The van der Waals surface area contributed by atoms with Gasteiger partial charge in [0.2, 0.25) is 0 Å². The van der Waals surface area contributed by atoms with Gasteiger partial charge in [-0.25, -0.2) is 4.79 Å². The standard InChI is InChI=1S/C15H21NO2/c1-5-18-15(17)11(2)12(3)16-13(4)14-9-7-6-8-10-14/h6-10,13,16H,5H2,1-4H3/b12-11-/t13-/m1/s1. The van der Waals surface area contributed by atoms with Crippen molar-refractivity contribution in [2.24, 2.45) is 0 Å². The largest absolute Gasteiger partial charge is 0.463 e. The Morgan fingerprint density at radius 1 is 1.28 bits per heavy atom. The van der Waals surface area contributed by atoms with Gasteiger partial charge in [-0.3, -0.25) is 0 Å². The summed E-state index contributed by atoms with van der Waals surface area (Å²) in [4.78, 5) is 11.6. The summed E-state index contributed by atoms with van der Waals surface area (Å²) in [5, 5.41) is 3.31. The van der Waals surface area contributed by atoms with Gasteiger partial charge in [-0.1, -0.05) is 30.3 Å². The van der Waals surface area contributed by atoms with Crippen LogP contribution in [0.3, 0.4) is 0 Å². The molecule has 0 bridgehead atoms. The minimum absolute atomic E-state index is 0.163. The molecular formula is C15H21NO2. The summed E-state index contributed by atoms with van der Waals surface area (Å²) < 4.78 is 4.98. The highest BCUT2D eigenvalue weighted by Gasteiger charge is 2.11. The Bertz CT molecular complexity index is 423. The van der Waals surface area contributed by atoms with Gasteiger partial charge >= 0.3 is 5.97 Å². The molecule has 0 spiro atoms. The lowest BCUT2D eigenvalue weighted by molar-refractivity contribution is -0.138. The number of hydrogen-bond donors (Lipinski definition) is 1. The van der Waals surface area contributed by atoms with Gasteiger partial charge in [0.05, 0.1) is 12.2 Å². The first-order valence-electron chi connectivity index (χ1n) is 6.22. The number of carbonyl (C=O) groups excluding carboxylic acids is 1. The van der Waals surface area contributed by atoms with Crippen LogP contribution in [0.2, 0.25) is 0 Å². The van der Waals surface area contributed by atoms with E-state index in [-0.39, 0.29) is 12.0 Å². The van der Waals surface area contributed by atoms with E-state index in [0.29, 0.717) is 12.2 Å². The number of allylic oxidation sites excluding steroid dienone is 1. The topological polar surface area (TPSA) is 38.3 Å². The van der Waals surface area contributed by atoms with Crippen LogP contribution < -0.4 is 5.32 Å². The number of rotatable bonds is 5. The highest BCUT2D eigenvalue weighted by Crippen LogP contribution is 2.14. The minimum atomic E-state index is -0.261. The molecule has 0 aromatic heterocycles. The third-order valence-corrected chi connectivity index (χ3v) is 2.88. The molecule has 98 valence electrons. The minimum Gasteiger partial charge on any atom is -0.463 e. The summed E-state index contributed by atoms with van der Waals surface area (Å²) in [5.41, 5.74) is 2.66. The maximum Gasteiger partial charge on any atom is 0.335 e. The Hall–Kier alpha value is -1.77. The molecule has 0 aliphatic carbocycles. The SMILES string of the molecule is CCOC(=O)/C(C)=C(/C)N[C@H](C)c1ccccc1. The van der Waals surface area contributed by atoms with Crippen LogP contribution in [0.5, 0.6) is 0 Å². The molecule has 0 heterocycles.